The summed E-state index contributed by atoms with van der Waals surface area (Å²) in [5.41, 5.74) is -1.95. The molecule has 0 bridgehead atoms. The number of carbonyl (C=O) groups is 2. The Kier molecular flexibility index (Phi) is 10.2. The summed E-state index contributed by atoms with van der Waals surface area (Å²) in [5, 5.41) is 22.1. The van der Waals surface area contributed by atoms with Crippen molar-refractivity contribution in [3.05, 3.63) is 92.6 Å². The second-order valence-corrected chi connectivity index (χ2v) is 5.55. The third-order valence-corrected chi connectivity index (χ3v) is 3.72. The summed E-state index contributed by atoms with van der Waals surface area (Å²) in [7, 11) is 0. The molecule has 4 aromatic rings. The van der Waals surface area contributed by atoms with Gasteiger partial charge in [-0.1, -0.05) is 36.4 Å². The molecule has 156 valence electrons. The second kappa shape index (κ2) is 11.5. The zero-order valence-electron chi connectivity index (χ0n) is 15.9. The van der Waals surface area contributed by atoms with E-state index in [-0.39, 0.29) is 30.4 Å². The fraction of sp³-hybridized carbons (Fsp3) is 0. The number of aromatic carboxylic acids is 2. The number of rotatable bonds is 2. The maximum absolute atomic E-state index is 11.1. The molecule has 0 spiro atoms. The molecule has 0 unspecified atom stereocenters. The van der Waals surface area contributed by atoms with Gasteiger partial charge in [0.25, 0.3) is 0 Å². The minimum Gasteiger partial charge on any atom is -0.545 e. The zero-order chi connectivity index (χ0) is 20.3. The summed E-state index contributed by atoms with van der Waals surface area (Å²) < 4.78 is 9.56. The van der Waals surface area contributed by atoms with E-state index in [0.29, 0.717) is 21.9 Å². The number of para-hydroxylation sites is 2. The summed E-state index contributed by atoms with van der Waals surface area (Å²) in [4.78, 5) is 43.2. The van der Waals surface area contributed by atoms with Gasteiger partial charge in [-0.2, -0.15) is 0 Å². The second-order valence-electron chi connectivity index (χ2n) is 5.55. The van der Waals surface area contributed by atoms with E-state index < -0.39 is 34.3 Å². The van der Waals surface area contributed by atoms with E-state index >= 15 is 0 Å². The average molecular weight is 482 g/mol. The number of carboxylic acids is 2. The van der Waals surface area contributed by atoms with E-state index in [1.54, 1.807) is 48.5 Å². The monoisotopic (exact) mass is 480 g/mol. The SMILES string of the molecule is O=C([O-])c1cc2ccccc2oc1=O.O=C([O-])c1cc2ccccc2oc1=O.[OH3+].[OH3+].[Zn+2]. The number of hydrogen-bond acceptors (Lipinski definition) is 8. The van der Waals surface area contributed by atoms with Crippen LogP contribution in [-0.2, 0) is 30.4 Å². The van der Waals surface area contributed by atoms with Gasteiger partial charge in [0.15, 0.2) is 0 Å². The molecule has 0 fully saturated rings. The topological polar surface area (TPSA) is 207 Å². The Bertz CT molecular complexity index is 1220. The predicted molar refractivity (Wildman–Crippen MR) is 103 cm³/mol. The number of carbonyl (C=O) groups excluding carboxylic acids is 2. The molecular formula is C20H16O10Zn+2. The molecule has 2 aromatic carbocycles. The predicted octanol–water partition coefficient (Wildman–Crippen LogP) is -1.53. The molecule has 0 saturated carbocycles. The first-order valence-electron chi connectivity index (χ1n) is 7.85. The minimum atomic E-state index is -1.52. The first-order valence-corrected chi connectivity index (χ1v) is 7.85. The van der Waals surface area contributed by atoms with Crippen molar-refractivity contribution in [2.45, 2.75) is 0 Å². The van der Waals surface area contributed by atoms with Crippen LogP contribution in [0.4, 0.5) is 0 Å². The van der Waals surface area contributed by atoms with Gasteiger partial charge in [0.05, 0.1) is 23.1 Å². The molecular weight excluding hydrogens is 466 g/mol. The summed E-state index contributed by atoms with van der Waals surface area (Å²) in [6, 6.07) is 15.8. The van der Waals surface area contributed by atoms with Crippen molar-refractivity contribution >= 4 is 33.9 Å². The van der Waals surface area contributed by atoms with Crippen LogP contribution < -0.4 is 21.5 Å². The first kappa shape index (κ1) is 27.3. The van der Waals surface area contributed by atoms with Crippen molar-refractivity contribution < 1.29 is 59.1 Å². The molecule has 6 N–H and O–H groups in total. The van der Waals surface area contributed by atoms with E-state index in [2.05, 4.69) is 0 Å². The minimum absolute atomic E-state index is 0. The largest absolute Gasteiger partial charge is 2.00 e. The molecule has 2 heterocycles. The molecule has 0 atom stereocenters. The molecule has 2 aromatic heterocycles. The Morgan fingerprint density at radius 1 is 0.645 bits per heavy atom. The van der Waals surface area contributed by atoms with Crippen LogP contribution in [0.25, 0.3) is 21.9 Å². The third-order valence-electron chi connectivity index (χ3n) is 3.72. The van der Waals surface area contributed by atoms with Crippen molar-refractivity contribution in [2.24, 2.45) is 0 Å². The number of hydrogen-bond donors (Lipinski definition) is 0. The van der Waals surface area contributed by atoms with Crippen LogP contribution in [0, 0.1) is 0 Å². The van der Waals surface area contributed by atoms with Crippen LogP contribution >= 0.6 is 0 Å². The van der Waals surface area contributed by atoms with Gasteiger partial charge in [-0.25, -0.2) is 9.59 Å². The first-order chi connectivity index (χ1) is 13.4. The van der Waals surface area contributed by atoms with Crippen molar-refractivity contribution in [2.75, 3.05) is 0 Å². The summed E-state index contributed by atoms with van der Waals surface area (Å²) in [6.07, 6.45) is 0. The van der Waals surface area contributed by atoms with Crippen LogP contribution in [-0.4, -0.2) is 11.9 Å². The van der Waals surface area contributed by atoms with Gasteiger partial charge in [0.1, 0.15) is 11.2 Å². The molecule has 11 heteroatoms. The van der Waals surface area contributed by atoms with Crippen molar-refractivity contribution in [3.63, 3.8) is 0 Å². The Hall–Kier alpha value is -3.66. The van der Waals surface area contributed by atoms with Gasteiger partial charge in [0, 0.05) is 10.8 Å². The maximum atomic E-state index is 11.1. The van der Waals surface area contributed by atoms with E-state index in [9.17, 15) is 29.4 Å². The third kappa shape index (κ3) is 6.16. The Balaban J connectivity index is 0.000000529. The molecule has 10 nitrogen and oxygen atoms in total. The van der Waals surface area contributed by atoms with Gasteiger partial charge in [-0.15, -0.1) is 0 Å². The normalized spacial score (nSPS) is 9.29. The molecule has 0 radical (unpaired) electrons. The number of benzene rings is 2. The van der Waals surface area contributed by atoms with Gasteiger partial charge >= 0.3 is 30.7 Å². The van der Waals surface area contributed by atoms with Crippen molar-refractivity contribution in [1.29, 1.82) is 0 Å². The smallest absolute Gasteiger partial charge is 0.545 e. The van der Waals surface area contributed by atoms with Gasteiger partial charge in [-0.05, 0) is 24.3 Å². The quantitative estimate of drug-likeness (QED) is 0.186. The summed E-state index contributed by atoms with van der Waals surface area (Å²) in [6.45, 7) is 0. The molecule has 0 aliphatic carbocycles. The van der Waals surface area contributed by atoms with E-state index in [1.165, 1.54) is 12.1 Å². The maximum Gasteiger partial charge on any atom is 2.00 e. The molecule has 0 aliphatic heterocycles. The van der Waals surface area contributed by atoms with Crippen LogP contribution in [0.15, 0.2) is 79.1 Å². The van der Waals surface area contributed by atoms with Gasteiger partial charge in [0.2, 0.25) is 0 Å². The van der Waals surface area contributed by atoms with Crippen molar-refractivity contribution in [1.82, 2.24) is 0 Å². The van der Waals surface area contributed by atoms with Crippen molar-refractivity contribution in [3.8, 4) is 0 Å². The average Bonchev–Trinajstić information content (AvgIpc) is 2.67. The van der Waals surface area contributed by atoms with E-state index in [4.69, 9.17) is 8.83 Å². The van der Waals surface area contributed by atoms with Crippen LogP contribution in [0.3, 0.4) is 0 Å². The molecule has 0 saturated heterocycles. The molecule has 0 amide bonds. The molecule has 4 rings (SSSR count). The van der Waals surface area contributed by atoms with Crippen LogP contribution in [0.5, 0.6) is 0 Å². The standard InChI is InChI=1S/2C10H6O4.2H2O.Zn/c2*11-9(12)7-5-6-3-1-2-4-8(6)14-10(7)13;;;/h2*1-5H,(H,11,12);2*1H2;/q;;;;+2. The Morgan fingerprint density at radius 2 is 0.968 bits per heavy atom. The molecule has 0 aliphatic rings. The van der Waals surface area contributed by atoms with E-state index in [0.717, 1.165) is 0 Å². The Morgan fingerprint density at radius 3 is 1.29 bits per heavy atom. The molecule has 31 heavy (non-hydrogen) atoms. The van der Waals surface area contributed by atoms with E-state index in [1.807, 2.05) is 0 Å². The van der Waals surface area contributed by atoms with Gasteiger partial charge < -0.3 is 39.6 Å². The summed E-state index contributed by atoms with van der Waals surface area (Å²) >= 11 is 0. The fourth-order valence-electron chi connectivity index (χ4n) is 2.41. The number of carboxylic acid groups (broad SMARTS) is 2. The fourth-order valence-corrected chi connectivity index (χ4v) is 2.41. The Labute approximate surface area is 185 Å². The summed E-state index contributed by atoms with van der Waals surface area (Å²) in [5.74, 6) is -3.05. The van der Waals surface area contributed by atoms with Gasteiger partial charge in [-0.3, -0.25) is 0 Å². The number of fused-ring (bicyclic) bond motifs is 2. The van der Waals surface area contributed by atoms with Crippen LogP contribution in [0.2, 0.25) is 0 Å². The van der Waals surface area contributed by atoms with Crippen LogP contribution in [0.1, 0.15) is 20.7 Å². The zero-order valence-corrected chi connectivity index (χ0v) is 18.9.